The van der Waals surface area contributed by atoms with E-state index >= 15 is 0 Å². The highest BCUT2D eigenvalue weighted by Crippen LogP contribution is 2.46. The van der Waals surface area contributed by atoms with E-state index in [-0.39, 0.29) is 34.0 Å². The number of likely N-dealkylation sites (tertiary alicyclic amines) is 1. The molecule has 3 aliphatic rings. The van der Waals surface area contributed by atoms with Crippen molar-refractivity contribution >= 4 is 22.8 Å². The zero-order chi connectivity index (χ0) is 29.0. The predicted octanol–water partition coefficient (Wildman–Crippen LogP) is 6.15. The minimum atomic E-state index is -0.349. The average molecular weight is 564 g/mol. The summed E-state index contributed by atoms with van der Waals surface area (Å²) < 4.78 is 5.85. The largest absolute Gasteiger partial charge is 0.451 e. The van der Waals surface area contributed by atoms with Crippen LogP contribution in [0, 0.1) is 11.3 Å². The maximum absolute atomic E-state index is 13.6. The van der Waals surface area contributed by atoms with Crippen LogP contribution in [0.2, 0.25) is 0 Å². The van der Waals surface area contributed by atoms with E-state index in [1.807, 2.05) is 18.2 Å². The molecule has 7 heteroatoms. The Kier molecular flexibility index (Phi) is 9.22. The highest BCUT2D eigenvalue weighted by Gasteiger charge is 2.48. The Morgan fingerprint density at radius 3 is 2.34 bits per heavy atom. The quantitative estimate of drug-likeness (QED) is 0.376. The van der Waals surface area contributed by atoms with Crippen molar-refractivity contribution in [3.63, 3.8) is 0 Å². The molecule has 5 rings (SSSR count). The summed E-state index contributed by atoms with van der Waals surface area (Å²) >= 11 is 0. The Balaban J connectivity index is 1.12. The van der Waals surface area contributed by atoms with Gasteiger partial charge < -0.3 is 20.0 Å². The van der Waals surface area contributed by atoms with Crippen LogP contribution < -0.4 is 16.1 Å². The van der Waals surface area contributed by atoms with Gasteiger partial charge in [0, 0.05) is 18.2 Å². The molecule has 0 unspecified atom stereocenters. The lowest BCUT2D eigenvalue weighted by atomic mass is 9.63. The van der Waals surface area contributed by atoms with Crippen LogP contribution in [0.4, 0.5) is 0 Å². The van der Waals surface area contributed by atoms with E-state index in [2.05, 4.69) is 36.3 Å². The first kappa shape index (κ1) is 29.8. The Morgan fingerprint density at radius 1 is 0.976 bits per heavy atom. The molecule has 1 saturated heterocycles. The van der Waals surface area contributed by atoms with Crippen LogP contribution in [0.3, 0.4) is 0 Å². The highest BCUT2D eigenvalue weighted by molar-refractivity contribution is 5.93. The molecule has 7 nitrogen and oxygen atoms in total. The van der Waals surface area contributed by atoms with Crippen LogP contribution in [0.5, 0.6) is 0 Å². The monoisotopic (exact) mass is 563 g/mol. The Labute approximate surface area is 244 Å². The number of carbonyl (C=O) groups excluding carboxylic acids is 2. The van der Waals surface area contributed by atoms with E-state index < -0.39 is 0 Å². The zero-order valence-electron chi connectivity index (χ0n) is 25.4. The molecule has 2 aliphatic carbocycles. The van der Waals surface area contributed by atoms with Gasteiger partial charge in [0.05, 0.1) is 10.8 Å². The number of hydrogen-bond donors (Lipinski definition) is 2. The van der Waals surface area contributed by atoms with E-state index in [1.165, 1.54) is 56.6 Å². The first-order valence-corrected chi connectivity index (χ1v) is 16.1. The second-order valence-corrected chi connectivity index (χ2v) is 13.9. The van der Waals surface area contributed by atoms with Gasteiger partial charge in [-0.1, -0.05) is 38.2 Å². The van der Waals surface area contributed by atoms with E-state index in [4.69, 9.17) is 4.42 Å². The minimum Gasteiger partial charge on any atom is -0.451 e. The van der Waals surface area contributed by atoms with Gasteiger partial charge in [-0.05, 0) is 115 Å². The number of benzene rings is 1. The summed E-state index contributed by atoms with van der Waals surface area (Å²) in [6.45, 7) is 9.40. The SMILES string of the molecule is CC(C)(C)NC(=O)C1(C2CCCCC2)CCN(CCCNC(=O)c2cc(=O)c3cc(C4CCCC4)ccc3o2)CC1. The Hall–Kier alpha value is -2.67. The molecule has 1 aromatic heterocycles. The van der Waals surface area contributed by atoms with E-state index in [0.717, 1.165) is 51.7 Å². The standard InChI is InChI=1S/C34H49N3O4/c1-33(2,3)36-32(40)34(26-12-5-4-6-13-26)16-20-37(21-17-34)19-9-18-35-31(39)30-23-28(38)27-22-25(14-15-29(27)41-30)24-10-7-8-11-24/h14-15,22-24,26H,4-13,16-21H2,1-3H3,(H,35,39)(H,36,40). The van der Waals surface area contributed by atoms with Crippen molar-refractivity contribution < 1.29 is 14.0 Å². The van der Waals surface area contributed by atoms with Crippen molar-refractivity contribution in [3.05, 3.63) is 45.8 Å². The molecule has 1 aromatic carbocycles. The van der Waals surface area contributed by atoms with Gasteiger partial charge in [-0.25, -0.2) is 0 Å². The number of fused-ring (bicyclic) bond motifs is 1. The second-order valence-electron chi connectivity index (χ2n) is 13.9. The molecule has 0 spiro atoms. The lowest BCUT2D eigenvalue weighted by molar-refractivity contribution is -0.141. The lowest BCUT2D eigenvalue weighted by Gasteiger charge is -2.47. The van der Waals surface area contributed by atoms with Crippen molar-refractivity contribution in [3.8, 4) is 0 Å². The lowest BCUT2D eigenvalue weighted by Crippen LogP contribution is -2.56. The summed E-state index contributed by atoms with van der Waals surface area (Å²) in [5, 5.41) is 6.80. The van der Waals surface area contributed by atoms with Gasteiger partial charge in [0.1, 0.15) is 5.58 Å². The fourth-order valence-corrected chi connectivity index (χ4v) is 7.51. The topological polar surface area (TPSA) is 91.7 Å². The van der Waals surface area contributed by atoms with Crippen molar-refractivity contribution in [2.45, 2.75) is 109 Å². The fraction of sp³-hybridized carbons (Fsp3) is 0.676. The fourth-order valence-electron chi connectivity index (χ4n) is 7.51. The van der Waals surface area contributed by atoms with Crippen LogP contribution in [0.1, 0.15) is 120 Å². The van der Waals surface area contributed by atoms with Gasteiger partial charge in [-0.15, -0.1) is 0 Å². The normalized spacial score (nSPS) is 20.8. The van der Waals surface area contributed by atoms with Crippen molar-refractivity contribution in [2.75, 3.05) is 26.2 Å². The van der Waals surface area contributed by atoms with Gasteiger partial charge in [0.15, 0.2) is 11.2 Å². The third-order valence-electron chi connectivity index (χ3n) is 9.81. The third kappa shape index (κ3) is 7.04. The smallest absolute Gasteiger partial charge is 0.287 e. The molecule has 1 aliphatic heterocycles. The van der Waals surface area contributed by atoms with Gasteiger partial charge in [-0.3, -0.25) is 14.4 Å². The number of hydrogen-bond acceptors (Lipinski definition) is 5. The molecule has 3 fully saturated rings. The Bertz CT molecular complexity index is 1270. The second kappa shape index (κ2) is 12.7. The van der Waals surface area contributed by atoms with Gasteiger partial charge >= 0.3 is 0 Å². The molecule has 224 valence electrons. The van der Waals surface area contributed by atoms with Gasteiger partial charge in [0.2, 0.25) is 5.91 Å². The van der Waals surface area contributed by atoms with Gasteiger partial charge in [-0.2, -0.15) is 0 Å². The zero-order valence-corrected chi connectivity index (χ0v) is 25.4. The van der Waals surface area contributed by atoms with E-state index in [0.29, 0.717) is 29.3 Å². The van der Waals surface area contributed by atoms with Crippen LogP contribution in [0.25, 0.3) is 11.0 Å². The number of piperidine rings is 1. The molecule has 41 heavy (non-hydrogen) atoms. The summed E-state index contributed by atoms with van der Waals surface area (Å²) in [6, 6.07) is 7.16. The van der Waals surface area contributed by atoms with Crippen molar-refractivity contribution in [2.24, 2.45) is 11.3 Å². The minimum absolute atomic E-state index is 0.0659. The highest BCUT2D eigenvalue weighted by atomic mass is 16.3. The summed E-state index contributed by atoms with van der Waals surface area (Å²) in [7, 11) is 0. The first-order chi connectivity index (χ1) is 19.6. The number of nitrogens with one attached hydrogen (secondary N) is 2. The van der Waals surface area contributed by atoms with Gasteiger partial charge in [0.25, 0.3) is 5.91 Å². The maximum Gasteiger partial charge on any atom is 0.287 e. The maximum atomic E-state index is 13.6. The molecule has 0 atom stereocenters. The predicted molar refractivity (Wildman–Crippen MR) is 163 cm³/mol. The van der Waals surface area contributed by atoms with Crippen LogP contribution in [-0.2, 0) is 4.79 Å². The number of nitrogens with zero attached hydrogens (tertiary/aromatic N) is 1. The van der Waals surface area contributed by atoms with Crippen LogP contribution in [0.15, 0.2) is 33.5 Å². The molecule has 2 N–H and O–H groups in total. The molecular formula is C34H49N3O4. The third-order valence-corrected chi connectivity index (χ3v) is 9.81. The molecular weight excluding hydrogens is 514 g/mol. The molecule has 2 aromatic rings. The molecule has 2 saturated carbocycles. The average Bonchev–Trinajstić information content (AvgIpc) is 3.50. The van der Waals surface area contributed by atoms with E-state index in [9.17, 15) is 14.4 Å². The molecule has 2 heterocycles. The van der Waals surface area contributed by atoms with Crippen LogP contribution in [-0.4, -0.2) is 48.4 Å². The molecule has 0 radical (unpaired) electrons. The first-order valence-electron chi connectivity index (χ1n) is 16.1. The molecule has 0 bridgehead atoms. The number of carbonyl (C=O) groups is 2. The number of amides is 2. The summed E-state index contributed by atoms with van der Waals surface area (Å²) in [5.41, 5.74) is 1.01. The number of rotatable bonds is 8. The summed E-state index contributed by atoms with van der Waals surface area (Å²) in [4.78, 5) is 41.7. The van der Waals surface area contributed by atoms with Crippen molar-refractivity contribution in [1.29, 1.82) is 0 Å². The van der Waals surface area contributed by atoms with Crippen LogP contribution >= 0.6 is 0 Å². The van der Waals surface area contributed by atoms with Crippen molar-refractivity contribution in [1.82, 2.24) is 15.5 Å². The Morgan fingerprint density at radius 2 is 1.66 bits per heavy atom. The summed E-state index contributed by atoms with van der Waals surface area (Å²) in [5.74, 6) is 0.960. The van der Waals surface area contributed by atoms with E-state index in [1.54, 1.807) is 0 Å². The summed E-state index contributed by atoms with van der Waals surface area (Å²) in [6.07, 6.45) is 13.5. The molecule has 2 amide bonds.